The zero-order valence-corrected chi connectivity index (χ0v) is 7.96. The first-order valence-electron chi connectivity index (χ1n) is 4.45. The van der Waals surface area contributed by atoms with Crippen LogP contribution in [0.3, 0.4) is 0 Å². The molecule has 1 aromatic carbocycles. The van der Waals surface area contributed by atoms with Crippen molar-refractivity contribution in [2.75, 3.05) is 5.32 Å². The first-order valence-corrected chi connectivity index (χ1v) is 4.45. The minimum atomic E-state index is 0.499. The van der Waals surface area contributed by atoms with Crippen molar-refractivity contribution in [1.82, 2.24) is 14.8 Å². The molecule has 0 aliphatic carbocycles. The van der Waals surface area contributed by atoms with Crippen molar-refractivity contribution in [2.24, 2.45) is 0 Å². The molecule has 0 bridgehead atoms. The lowest BCUT2D eigenvalue weighted by Crippen LogP contribution is -2.09. The van der Waals surface area contributed by atoms with Gasteiger partial charge in [-0.25, -0.2) is 9.67 Å². The Morgan fingerprint density at radius 1 is 1.40 bits per heavy atom. The van der Waals surface area contributed by atoms with E-state index in [-0.39, 0.29) is 0 Å². The molecule has 15 heavy (non-hydrogen) atoms. The van der Waals surface area contributed by atoms with Crippen molar-refractivity contribution < 1.29 is 0 Å². The summed E-state index contributed by atoms with van der Waals surface area (Å²) in [5.74, 6) is 0. The van der Waals surface area contributed by atoms with E-state index >= 15 is 0 Å². The Labute approximate surface area is 87.0 Å². The van der Waals surface area contributed by atoms with Crippen molar-refractivity contribution in [3.8, 4) is 6.07 Å². The maximum atomic E-state index is 8.85. The second-order valence-electron chi connectivity index (χ2n) is 2.93. The number of aromatic nitrogens is 3. The molecule has 1 N–H and O–H groups in total. The summed E-state index contributed by atoms with van der Waals surface area (Å²) in [6, 6.07) is 9.45. The molecule has 0 radical (unpaired) electrons. The summed E-state index contributed by atoms with van der Waals surface area (Å²) in [6.07, 6.45) is 3.08. The van der Waals surface area contributed by atoms with Crippen LogP contribution < -0.4 is 5.32 Å². The minimum Gasteiger partial charge on any atom is -0.365 e. The molecule has 0 saturated heterocycles. The highest BCUT2D eigenvalue weighted by atomic mass is 15.4. The van der Waals surface area contributed by atoms with Crippen LogP contribution >= 0.6 is 0 Å². The molecule has 1 heterocycles. The lowest BCUT2D eigenvalue weighted by atomic mass is 10.2. The number of para-hydroxylation sites is 1. The maximum absolute atomic E-state index is 8.85. The first kappa shape index (κ1) is 9.21. The van der Waals surface area contributed by atoms with Crippen LogP contribution in [0.25, 0.3) is 0 Å². The largest absolute Gasteiger partial charge is 0.365 e. The lowest BCUT2D eigenvalue weighted by Gasteiger charge is -2.06. The van der Waals surface area contributed by atoms with Crippen LogP contribution in [-0.2, 0) is 6.67 Å². The Balaban J connectivity index is 2.08. The fourth-order valence-corrected chi connectivity index (χ4v) is 1.22. The SMILES string of the molecule is N#Cc1ccccc1NCn1cncn1. The number of nitrogens with zero attached hydrogens (tertiary/aromatic N) is 4. The van der Waals surface area contributed by atoms with Gasteiger partial charge in [-0.3, -0.25) is 0 Å². The van der Waals surface area contributed by atoms with Crippen LogP contribution in [0.1, 0.15) is 5.56 Å². The van der Waals surface area contributed by atoms with Gasteiger partial charge in [0, 0.05) is 0 Å². The molecule has 0 spiro atoms. The molecule has 0 amide bonds. The molecule has 0 aliphatic heterocycles. The third-order valence-electron chi connectivity index (χ3n) is 1.95. The quantitative estimate of drug-likeness (QED) is 0.807. The number of nitrogens with one attached hydrogen (secondary N) is 1. The average molecular weight is 199 g/mol. The minimum absolute atomic E-state index is 0.499. The van der Waals surface area contributed by atoms with E-state index < -0.39 is 0 Å². The zero-order valence-electron chi connectivity index (χ0n) is 7.96. The van der Waals surface area contributed by atoms with Crippen LogP contribution in [0.5, 0.6) is 0 Å². The van der Waals surface area contributed by atoms with Gasteiger partial charge in [0.2, 0.25) is 0 Å². The lowest BCUT2D eigenvalue weighted by molar-refractivity contribution is 0.668. The molecule has 0 aliphatic rings. The number of rotatable bonds is 3. The summed E-state index contributed by atoms with van der Waals surface area (Å²) in [5.41, 5.74) is 1.42. The second kappa shape index (κ2) is 4.24. The molecule has 0 fully saturated rings. The van der Waals surface area contributed by atoms with E-state index in [1.54, 1.807) is 17.1 Å². The van der Waals surface area contributed by atoms with Crippen LogP contribution in [0.2, 0.25) is 0 Å². The summed E-state index contributed by atoms with van der Waals surface area (Å²) < 4.78 is 1.65. The van der Waals surface area contributed by atoms with Gasteiger partial charge >= 0.3 is 0 Å². The van der Waals surface area contributed by atoms with Gasteiger partial charge in [-0.1, -0.05) is 12.1 Å². The molecule has 2 aromatic rings. The molecular formula is C10H9N5. The van der Waals surface area contributed by atoms with Crippen LogP contribution in [-0.4, -0.2) is 14.8 Å². The van der Waals surface area contributed by atoms with Gasteiger partial charge in [0.1, 0.15) is 25.4 Å². The van der Waals surface area contributed by atoms with Gasteiger partial charge < -0.3 is 5.32 Å². The smallest absolute Gasteiger partial charge is 0.137 e. The van der Waals surface area contributed by atoms with Crippen LogP contribution in [0, 0.1) is 11.3 Å². The Kier molecular flexibility index (Phi) is 2.61. The topological polar surface area (TPSA) is 66.5 Å². The monoisotopic (exact) mass is 199 g/mol. The summed E-state index contributed by atoms with van der Waals surface area (Å²) >= 11 is 0. The van der Waals surface area contributed by atoms with E-state index in [2.05, 4.69) is 21.5 Å². The molecule has 5 heteroatoms. The van der Waals surface area contributed by atoms with Gasteiger partial charge in [-0.05, 0) is 12.1 Å². The van der Waals surface area contributed by atoms with Crippen molar-refractivity contribution in [1.29, 1.82) is 5.26 Å². The van der Waals surface area contributed by atoms with Gasteiger partial charge in [0.25, 0.3) is 0 Å². The Morgan fingerprint density at radius 3 is 3.00 bits per heavy atom. The number of nitriles is 1. The van der Waals surface area contributed by atoms with Gasteiger partial charge in [-0.2, -0.15) is 10.4 Å². The number of anilines is 1. The van der Waals surface area contributed by atoms with E-state index in [9.17, 15) is 0 Å². The Morgan fingerprint density at radius 2 is 2.27 bits per heavy atom. The standard InChI is InChI=1S/C10H9N5/c11-5-9-3-1-2-4-10(9)13-8-15-7-12-6-14-15/h1-4,6-7,13H,8H2. The number of benzene rings is 1. The van der Waals surface area contributed by atoms with Crippen molar-refractivity contribution in [2.45, 2.75) is 6.67 Å². The summed E-state index contributed by atoms with van der Waals surface area (Å²) in [4.78, 5) is 3.82. The predicted octanol–water partition coefficient (Wildman–Crippen LogP) is 1.22. The van der Waals surface area contributed by atoms with Gasteiger partial charge in [0.15, 0.2) is 0 Å². The highest BCUT2D eigenvalue weighted by Crippen LogP contribution is 2.13. The fourth-order valence-electron chi connectivity index (χ4n) is 1.22. The predicted molar refractivity (Wildman–Crippen MR) is 54.8 cm³/mol. The third-order valence-corrected chi connectivity index (χ3v) is 1.95. The Bertz CT molecular complexity index is 469. The van der Waals surface area contributed by atoms with E-state index in [1.807, 2.05) is 18.2 Å². The zero-order chi connectivity index (χ0) is 10.5. The molecule has 2 rings (SSSR count). The van der Waals surface area contributed by atoms with Crippen molar-refractivity contribution >= 4 is 5.69 Å². The summed E-state index contributed by atoms with van der Waals surface area (Å²) in [6.45, 7) is 0.499. The maximum Gasteiger partial charge on any atom is 0.137 e. The normalized spacial score (nSPS) is 9.53. The third kappa shape index (κ3) is 2.11. The van der Waals surface area contributed by atoms with Gasteiger partial charge in [-0.15, -0.1) is 0 Å². The molecule has 5 nitrogen and oxygen atoms in total. The molecule has 74 valence electrons. The van der Waals surface area contributed by atoms with Crippen LogP contribution in [0.15, 0.2) is 36.9 Å². The summed E-state index contributed by atoms with van der Waals surface area (Å²) in [7, 11) is 0. The highest BCUT2D eigenvalue weighted by molar-refractivity contribution is 5.56. The van der Waals surface area contributed by atoms with E-state index in [0.717, 1.165) is 5.69 Å². The van der Waals surface area contributed by atoms with Crippen molar-refractivity contribution in [3.63, 3.8) is 0 Å². The van der Waals surface area contributed by atoms with E-state index in [0.29, 0.717) is 12.2 Å². The van der Waals surface area contributed by atoms with Crippen LogP contribution in [0.4, 0.5) is 5.69 Å². The summed E-state index contributed by atoms with van der Waals surface area (Å²) in [5, 5.41) is 15.9. The molecule has 0 atom stereocenters. The highest BCUT2D eigenvalue weighted by Gasteiger charge is 1.99. The van der Waals surface area contributed by atoms with Crippen molar-refractivity contribution in [3.05, 3.63) is 42.5 Å². The molecule has 1 aromatic heterocycles. The Hall–Kier alpha value is -2.35. The number of hydrogen-bond donors (Lipinski definition) is 1. The first-order chi connectivity index (χ1) is 7.40. The van der Waals surface area contributed by atoms with E-state index in [4.69, 9.17) is 5.26 Å². The number of hydrogen-bond acceptors (Lipinski definition) is 4. The molecule has 0 unspecified atom stereocenters. The molecule has 0 saturated carbocycles. The second-order valence-corrected chi connectivity index (χ2v) is 2.93. The van der Waals surface area contributed by atoms with Gasteiger partial charge in [0.05, 0.1) is 11.3 Å². The molecular weight excluding hydrogens is 190 g/mol. The van der Waals surface area contributed by atoms with E-state index in [1.165, 1.54) is 6.33 Å². The average Bonchev–Trinajstić information content (AvgIpc) is 2.79. The fraction of sp³-hybridized carbons (Fsp3) is 0.100.